The molecule has 0 saturated carbocycles. The predicted molar refractivity (Wildman–Crippen MR) is 65.3 cm³/mol. The Kier molecular flexibility index (Phi) is 2.77. The second kappa shape index (κ2) is 4.08. The monoisotopic (exact) mass is 215 g/mol. The van der Waals surface area contributed by atoms with Gasteiger partial charge in [0.05, 0.1) is 0 Å². The minimum absolute atomic E-state index is 0.381. The number of aryl methyl sites for hydroxylation is 2. The maximum atomic E-state index is 4.19. The molecule has 0 radical (unpaired) electrons. The van der Waals surface area contributed by atoms with Gasteiger partial charge in [0.15, 0.2) is 5.82 Å². The van der Waals surface area contributed by atoms with E-state index >= 15 is 0 Å². The maximum absolute atomic E-state index is 4.19. The van der Waals surface area contributed by atoms with E-state index < -0.39 is 0 Å². The molecule has 3 heteroatoms. The summed E-state index contributed by atoms with van der Waals surface area (Å²) in [5.74, 6) is 0.943. The molecule has 16 heavy (non-hydrogen) atoms. The van der Waals surface area contributed by atoms with Gasteiger partial charge in [0, 0.05) is 11.6 Å². The number of aromatic nitrogens is 3. The number of benzene rings is 1. The summed E-state index contributed by atoms with van der Waals surface area (Å²) in [5.41, 5.74) is 3.73. The molecule has 3 nitrogen and oxygen atoms in total. The van der Waals surface area contributed by atoms with Crippen LogP contribution in [0.1, 0.15) is 31.0 Å². The lowest BCUT2D eigenvalue weighted by Gasteiger charge is -2.10. The van der Waals surface area contributed by atoms with Crippen LogP contribution in [0.2, 0.25) is 0 Å². The van der Waals surface area contributed by atoms with Crippen molar-refractivity contribution in [1.29, 1.82) is 0 Å². The summed E-state index contributed by atoms with van der Waals surface area (Å²) in [4.78, 5) is 0. The third-order valence-electron chi connectivity index (χ3n) is 2.89. The van der Waals surface area contributed by atoms with Crippen LogP contribution in [0.4, 0.5) is 0 Å². The average molecular weight is 215 g/mol. The van der Waals surface area contributed by atoms with Gasteiger partial charge in [-0.1, -0.05) is 12.1 Å². The highest BCUT2D eigenvalue weighted by atomic mass is 15.3. The van der Waals surface area contributed by atoms with Crippen LogP contribution in [0.25, 0.3) is 11.4 Å². The molecule has 2 aromatic rings. The van der Waals surface area contributed by atoms with Crippen LogP contribution in [0.15, 0.2) is 24.5 Å². The van der Waals surface area contributed by atoms with Gasteiger partial charge in [-0.25, -0.2) is 0 Å². The highest BCUT2D eigenvalue weighted by Crippen LogP contribution is 2.22. The normalized spacial score (nSPS) is 11.1. The van der Waals surface area contributed by atoms with E-state index in [2.05, 4.69) is 60.7 Å². The molecule has 0 unspecified atom stereocenters. The first kappa shape index (κ1) is 10.9. The predicted octanol–water partition coefficient (Wildman–Crippen LogP) is 3.14. The van der Waals surface area contributed by atoms with Crippen LogP contribution >= 0.6 is 0 Å². The van der Waals surface area contributed by atoms with Crippen LogP contribution < -0.4 is 0 Å². The van der Waals surface area contributed by atoms with Gasteiger partial charge >= 0.3 is 0 Å². The Morgan fingerprint density at radius 2 is 1.88 bits per heavy atom. The van der Waals surface area contributed by atoms with E-state index in [0.29, 0.717) is 6.04 Å². The second-order valence-electron chi connectivity index (χ2n) is 4.45. The van der Waals surface area contributed by atoms with Crippen molar-refractivity contribution in [2.75, 3.05) is 0 Å². The molecule has 0 N–H and O–H groups in total. The molecule has 0 aliphatic carbocycles. The Balaban J connectivity index is 2.50. The molecule has 84 valence electrons. The van der Waals surface area contributed by atoms with E-state index in [0.717, 1.165) is 11.4 Å². The number of rotatable bonds is 2. The lowest BCUT2D eigenvalue weighted by molar-refractivity contribution is 0.604. The fraction of sp³-hybridized carbons (Fsp3) is 0.385. The Morgan fingerprint density at radius 3 is 2.50 bits per heavy atom. The van der Waals surface area contributed by atoms with Gasteiger partial charge in [-0.05, 0) is 44.9 Å². The Hall–Kier alpha value is -1.64. The third kappa shape index (κ3) is 1.85. The quantitative estimate of drug-likeness (QED) is 0.770. The van der Waals surface area contributed by atoms with E-state index in [-0.39, 0.29) is 0 Å². The topological polar surface area (TPSA) is 30.7 Å². The van der Waals surface area contributed by atoms with Gasteiger partial charge in [-0.3, -0.25) is 0 Å². The van der Waals surface area contributed by atoms with Crippen molar-refractivity contribution < 1.29 is 0 Å². The molecule has 0 saturated heterocycles. The van der Waals surface area contributed by atoms with E-state index in [4.69, 9.17) is 0 Å². The lowest BCUT2D eigenvalue weighted by Crippen LogP contribution is -2.01. The minimum Gasteiger partial charge on any atom is -0.311 e. The molecule has 0 aliphatic rings. The van der Waals surface area contributed by atoms with Gasteiger partial charge < -0.3 is 4.57 Å². The fourth-order valence-electron chi connectivity index (χ4n) is 1.71. The maximum Gasteiger partial charge on any atom is 0.163 e. The molecule has 1 heterocycles. The zero-order valence-corrected chi connectivity index (χ0v) is 10.2. The molecular formula is C13H17N3. The van der Waals surface area contributed by atoms with Gasteiger partial charge in [-0.15, -0.1) is 10.2 Å². The molecule has 0 fully saturated rings. The van der Waals surface area contributed by atoms with Crippen molar-refractivity contribution in [2.45, 2.75) is 33.7 Å². The molecule has 0 spiro atoms. The van der Waals surface area contributed by atoms with Crippen LogP contribution in [-0.2, 0) is 0 Å². The third-order valence-corrected chi connectivity index (χ3v) is 2.89. The number of nitrogens with zero attached hydrogens (tertiary/aromatic N) is 3. The van der Waals surface area contributed by atoms with Crippen molar-refractivity contribution in [2.24, 2.45) is 0 Å². The Bertz CT molecular complexity index is 498. The molecular weight excluding hydrogens is 198 g/mol. The largest absolute Gasteiger partial charge is 0.311 e. The van der Waals surface area contributed by atoms with Gasteiger partial charge in [0.2, 0.25) is 0 Å². The van der Waals surface area contributed by atoms with E-state index in [1.54, 1.807) is 6.33 Å². The van der Waals surface area contributed by atoms with Crippen molar-refractivity contribution in [3.8, 4) is 11.4 Å². The first-order valence-electron chi connectivity index (χ1n) is 5.56. The molecule has 0 amide bonds. The SMILES string of the molecule is Cc1ccc(-c2nncn2C(C)C)cc1C. The first-order valence-corrected chi connectivity index (χ1v) is 5.56. The van der Waals surface area contributed by atoms with Crippen molar-refractivity contribution in [3.05, 3.63) is 35.7 Å². The van der Waals surface area contributed by atoms with Crippen molar-refractivity contribution in [1.82, 2.24) is 14.8 Å². The van der Waals surface area contributed by atoms with E-state index in [1.165, 1.54) is 11.1 Å². The highest BCUT2D eigenvalue weighted by Gasteiger charge is 2.09. The molecule has 0 aliphatic heterocycles. The van der Waals surface area contributed by atoms with E-state index in [1.807, 2.05) is 0 Å². The summed E-state index contributed by atoms with van der Waals surface area (Å²) in [6.45, 7) is 8.50. The molecule has 1 aromatic carbocycles. The molecule has 1 aromatic heterocycles. The second-order valence-corrected chi connectivity index (χ2v) is 4.45. The zero-order chi connectivity index (χ0) is 11.7. The summed E-state index contributed by atoms with van der Waals surface area (Å²) in [6, 6.07) is 6.78. The smallest absolute Gasteiger partial charge is 0.163 e. The first-order chi connectivity index (χ1) is 7.59. The van der Waals surface area contributed by atoms with Crippen molar-refractivity contribution >= 4 is 0 Å². The average Bonchev–Trinajstić information content (AvgIpc) is 2.71. The van der Waals surface area contributed by atoms with Crippen LogP contribution in [0, 0.1) is 13.8 Å². The summed E-state index contributed by atoms with van der Waals surface area (Å²) in [5, 5.41) is 8.18. The number of hydrogen-bond acceptors (Lipinski definition) is 2. The van der Waals surface area contributed by atoms with Gasteiger partial charge in [0.1, 0.15) is 6.33 Å². The van der Waals surface area contributed by atoms with Gasteiger partial charge in [-0.2, -0.15) is 0 Å². The Labute approximate surface area is 96.1 Å². The number of hydrogen-bond donors (Lipinski definition) is 0. The lowest BCUT2D eigenvalue weighted by atomic mass is 10.1. The van der Waals surface area contributed by atoms with Gasteiger partial charge in [0.25, 0.3) is 0 Å². The standard InChI is InChI=1S/C13H17N3/c1-9(2)16-8-14-15-13(16)12-6-5-10(3)11(4)7-12/h5-9H,1-4H3. The Morgan fingerprint density at radius 1 is 1.12 bits per heavy atom. The molecule has 0 atom stereocenters. The minimum atomic E-state index is 0.381. The summed E-state index contributed by atoms with van der Waals surface area (Å²) in [7, 11) is 0. The van der Waals surface area contributed by atoms with Crippen molar-refractivity contribution in [3.63, 3.8) is 0 Å². The van der Waals surface area contributed by atoms with Crippen LogP contribution in [0.5, 0.6) is 0 Å². The summed E-state index contributed by atoms with van der Waals surface area (Å²) < 4.78 is 2.09. The van der Waals surface area contributed by atoms with E-state index in [9.17, 15) is 0 Å². The summed E-state index contributed by atoms with van der Waals surface area (Å²) >= 11 is 0. The highest BCUT2D eigenvalue weighted by molar-refractivity contribution is 5.57. The summed E-state index contributed by atoms with van der Waals surface area (Å²) in [6.07, 6.45) is 1.79. The van der Waals surface area contributed by atoms with Crippen LogP contribution in [0.3, 0.4) is 0 Å². The molecule has 0 bridgehead atoms. The molecule has 2 rings (SSSR count). The fourth-order valence-corrected chi connectivity index (χ4v) is 1.71. The zero-order valence-electron chi connectivity index (χ0n) is 10.2. The van der Waals surface area contributed by atoms with Crippen LogP contribution in [-0.4, -0.2) is 14.8 Å².